The second-order valence-electron chi connectivity index (χ2n) is 18.5. The molecule has 14 heteroatoms. The van der Waals surface area contributed by atoms with Gasteiger partial charge in [-0.25, -0.2) is 14.4 Å². The van der Waals surface area contributed by atoms with Crippen LogP contribution in [0.15, 0.2) is 73.3 Å². The number of hydrogen-bond donors (Lipinski definition) is 0. The minimum Gasteiger partial charge on any atom is -0.490 e. The lowest BCUT2D eigenvalue weighted by molar-refractivity contribution is -0.148. The van der Waals surface area contributed by atoms with Gasteiger partial charge in [0.1, 0.15) is 24.7 Å². The van der Waals surface area contributed by atoms with Crippen LogP contribution < -0.4 is 37.9 Å². The fourth-order valence-electron chi connectivity index (χ4n) is 7.41. The molecule has 436 valence electrons. The summed E-state index contributed by atoms with van der Waals surface area (Å²) in [5, 5.41) is 0. The maximum Gasteiger partial charge on any atom is 0.336 e. The molecule has 3 aromatic rings. The van der Waals surface area contributed by atoms with Crippen molar-refractivity contribution in [1.82, 2.24) is 0 Å². The highest BCUT2D eigenvalue weighted by molar-refractivity contribution is 5.90. The Balaban J connectivity index is 0.0000152. The summed E-state index contributed by atoms with van der Waals surface area (Å²) in [5.74, 6) is 1.08. The SMILES string of the molecule is C.C.C=CC(=O)OCCCCOc1ccc(/C=C/C(=O)Oc2ccc(OC(=O)/C=C/c3ccc(OCCOC(=O)C(C)CC)c(OCCCCCC)c3OCCCCCC)cc2)c(OCCCCCC)c1OCCCCCC. The van der Waals surface area contributed by atoms with E-state index in [0.29, 0.717) is 97.9 Å². The minimum absolute atomic E-state index is 0. The zero-order valence-electron chi connectivity index (χ0n) is 46.6. The molecule has 0 heterocycles. The normalized spacial score (nSPS) is 11.2. The average Bonchev–Trinajstić information content (AvgIpc) is 3.45. The Bertz CT molecular complexity index is 2200. The maximum atomic E-state index is 13.3. The van der Waals surface area contributed by atoms with E-state index >= 15 is 0 Å². The van der Waals surface area contributed by atoms with Gasteiger partial charge in [-0.1, -0.05) is 140 Å². The van der Waals surface area contributed by atoms with Crippen LogP contribution in [-0.2, 0) is 28.7 Å². The van der Waals surface area contributed by atoms with E-state index in [1.165, 1.54) is 12.2 Å². The molecule has 0 aromatic heterocycles. The summed E-state index contributed by atoms with van der Waals surface area (Å²) in [4.78, 5) is 50.2. The zero-order chi connectivity index (χ0) is 55.0. The molecule has 0 amide bonds. The first-order valence-electron chi connectivity index (χ1n) is 28.0. The Morgan fingerprint density at radius 3 is 1.19 bits per heavy atom. The molecule has 0 fully saturated rings. The predicted octanol–water partition coefficient (Wildman–Crippen LogP) is 15.9. The molecule has 3 aromatic carbocycles. The molecule has 78 heavy (non-hydrogen) atoms. The van der Waals surface area contributed by atoms with Gasteiger partial charge in [0.25, 0.3) is 0 Å². The van der Waals surface area contributed by atoms with Crippen LogP contribution in [0, 0.1) is 5.92 Å². The number of esters is 4. The third kappa shape index (κ3) is 28.3. The van der Waals surface area contributed by atoms with Crippen molar-refractivity contribution in [2.24, 2.45) is 5.92 Å². The molecule has 0 radical (unpaired) electrons. The van der Waals surface area contributed by atoms with Gasteiger partial charge in [0, 0.05) is 29.4 Å². The molecule has 0 spiro atoms. The lowest BCUT2D eigenvalue weighted by atomic mass is 10.1. The third-order valence-electron chi connectivity index (χ3n) is 12.1. The van der Waals surface area contributed by atoms with E-state index in [1.807, 2.05) is 19.9 Å². The Kier molecular flexibility index (Phi) is 38.8. The molecular formula is C64H96O14. The van der Waals surface area contributed by atoms with Gasteiger partial charge in [0.2, 0.25) is 11.5 Å². The summed E-state index contributed by atoms with van der Waals surface area (Å²) < 4.78 is 59.7. The van der Waals surface area contributed by atoms with Crippen molar-refractivity contribution in [3.8, 4) is 46.0 Å². The molecule has 0 bridgehead atoms. The van der Waals surface area contributed by atoms with Crippen molar-refractivity contribution < 1.29 is 66.5 Å². The molecule has 0 N–H and O–H groups in total. The van der Waals surface area contributed by atoms with Gasteiger partial charge in [-0.15, -0.1) is 0 Å². The number of hydrogen-bond acceptors (Lipinski definition) is 14. The van der Waals surface area contributed by atoms with Crippen molar-refractivity contribution in [2.75, 3.05) is 52.9 Å². The van der Waals surface area contributed by atoms with Crippen LogP contribution in [0.1, 0.15) is 190 Å². The maximum absolute atomic E-state index is 13.3. The van der Waals surface area contributed by atoms with Crippen molar-refractivity contribution in [2.45, 2.75) is 178 Å². The van der Waals surface area contributed by atoms with E-state index in [1.54, 1.807) is 54.6 Å². The van der Waals surface area contributed by atoms with Crippen molar-refractivity contribution in [3.63, 3.8) is 0 Å². The van der Waals surface area contributed by atoms with Crippen LogP contribution >= 0.6 is 0 Å². The number of rotatable bonds is 43. The van der Waals surface area contributed by atoms with Gasteiger partial charge in [-0.2, -0.15) is 0 Å². The second kappa shape index (κ2) is 43.5. The Labute approximate surface area is 468 Å². The third-order valence-corrected chi connectivity index (χ3v) is 12.1. The number of carbonyl (C=O) groups is 4. The van der Waals surface area contributed by atoms with Crippen molar-refractivity contribution in [1.29, 1.82) is 0 Å². The first kappa shape index (κ1) is 69.6. The second-order valence-corrected chi connectivity index (χ2v) is 18.5. The highest BCUT2D eigenvalue weighted by Crippen LogP contribution is 2.43. The van der Waals surface area contributed by atoms with E-state index in [-0.39, 0.29) is 58.1 Å². The first-order chi connectivity index (χ1) is 37.1. The van der Waals surface area contributed by atoms with E-state index in [0.717, 1.165) is 109 Å². The fraction of sp³-hybridized carbons (Fsp3) is 0.562. The minimum atomic E-state index is -0.636. The summed E-state index contributed by atoms with van der Waals surface area (Å²) in [6.07, 6.45) is 25.2. The van der Waals surface area contributed by atoms with Gasteiger partial charge in [0.15, 0.2) is 23.0 Å². The Morgan fingerprint density at radius 1 is 0.423 bits per heavy atom. The van der Waals surface area contributed by atoms with Crippen LogP contribution in [0.5, 0.6) is 46.0 Å². The number of carbonyl (C=O) groups excluding carboxylic acids is 4. The van der Waals surface area contributed by atoms with Gasteiger partial charge in [-0.3, -0.25) is 4.79 Å². The number of benzene rings is 3. The summed E-state index contributed by atoms with van der Waals surface area (Å²) in [6.45, 7) is 18.5. The van der Waals surface area contributed by atoms with Crippen molar-refractivity contribution >= 4 is 36.0 Å². The zero-order valence-corrected chi connectivity index (χ0v) is 46.6. The molecule has 0 aliphatic carbocycles. The van der Waals surface area contributed by atoms with Crippen LogP contribution in [0.2, 0.25) is 0 Å². The van der Waals surface area contributed by atoms with Crippen LogP contribution in [0.4, 0.5) is 0 Å². The number of unbranched alkanes of at least 4 members (excludes halogenated alkanes) is 13. The molecule has 0 saturated heterocycles. The largest absolute Gasteiger partial charge is 0.490 e. The summed E-state index contributed by atoms with van der Waals surface area (Å²) >= 11 is 0. The summed E-state index contributed by atoms with van der Waals surface area (Å²) in [7, 11) is 0. The summed E-state index contributed by atoms with van der Waals surface area (Å²) in [6, 6.07) is 13.3. The molecule has 0 saturated carbocycles. The summed E-state index contributed by atoms with van der Waals surface area (Å²) in [5.41, 5.74) is 1.22. The van der Waals surface area contributed by atoms with Gasteiger partial charge in [-0.05, 0) is 106 Å². The molecule has 14 nitrogen and oxygen atoms in total. The van der Waals surface area contributed by atoms with Crippen LogP contribution in [0.25, 0.3) is 12.2 Å². The lowest BCUT2D eigenvalue weighted by Crippen LogP contribution is -2.18. The Hall–Kier alpha value is -6.44. The van der Waals surface area contributed by atoms with Gasteiger partial charge >= 0.3 is 23.9 Å². The predicted molar refractivity (Wildman–Crippen MR) is 312 cm³/mol. The fourth-order valence-corrected chi connectivity index (χ4v) is 7.41. The standard InChI is InChI=1S/C62H88O14.2CH4/c1-8-14-18-22-42-70-58-49(28-36-53(60(58)72-44-24-20-16-10-3)67-40-26-27-41-69-55(63)13-6)30-38-56(64)75-51-32-34-52(35-33-51)76-57(65)39-31-50-29-37-54(68-46-47-74-62(66)48(7)12-5)61(73-45-25-21-17-11-4)59(50)71-43-23-19-15-9-2;;/h13,28-39,48H,6,8-12,14-27,40-47H2,1-5,7H3;2*1H4/b38-30+,39-31+;;. The van der Waals surface area contributed by atoms with E-state index in [2.05, 4.69) is 34.3 Å². The molecule has 3 rings (SSSR count). The highest BCUT2D eigenvalue weighted by atomic mass is 16.6. The molecule has 0 aliphatic rings. The van der Waals surface area contributed by atoms with Crippen LogP contribution in [-0.4, -0.2) is 76.7 Å². The van der Waals surface area contributed by atoms with Gasteiger partial charge in [0.05, 0.1) is 45.6 Å². The molecule has 1 atom stereocenters. The number of ether oxygens (including phenoxy) is 10. The quantitative estimate of drug-likeness (QED) is 0.0228. The molecule has 1 unspecified atom stereocenters. The topological polar surface area (TPSA) is 161 Å². The van der Waals surface area contributed by atoms with Gasteiger partial charge < -0.3 is 47.4 Å². The van der Waals surface area contributed by atoms with Crippen LogP contribution in [0.3, 0.4) is 0 Å². The van der Waals surface area contributed by atoms with E-state index in [9.17, 15) is 19.2 Å². The smallest absolute Gasteiger partial charge is 0.336 e. The average molecular weight is 1090 g/mol. The van der Waals surface area contributed by atoms with E-state index in [4.69, 9.17) is 47.4 Å². The Morgan fingerprint density at radius 2 is 0.795 bits per heavy atom. The first-order valence-corrected chi connectivity index (χ1v) is 28.0. The molecular weight excluding hydrogens is 993 g/mol. The molecule has 0 aliphatic heterocycles. The monoisotopic (exact) mass is 1090 g/mol. The van der Waals surface area contributed by atoms with E-state index < -0.39 is 17.9 Å². The van der Waals surface area contributed by atoms with Crippen molar-refractivity contribution in [3.05, 3.63) is 84.5 Å². The lowest BCUT2D eigenvalue weighted by Gasteiger charge is -2.19. The highest BCUT2D eigenvalue weighted by Gasteiger charge is 2.20.